The number of non-ortho nitro benzene ring substituents is 1. The van der Waals surface area contributed by atoms with E-state index >= 15 is 0 Å². The molecule has 0 radical (unpaired) electrons. The fourth-order valence-electron chi connectivity index (χ4n) is 1.85. The van der Waals surface area contributed by atoms with E-state index in [4.69, 9.17) is 15.2 Å². The first-order valence-electron chi connectivity index (χ1n) is 5.94. The molecule has 1 amide bonds. The van der Waals surface area contributed by atoms with Gasteiger partial charge >= 0.3 is 0 Å². The number of nitrogens with one attached hydrogen (secondary N) is 1. The number of anilines is 2. The zero-order valence-corrected chi connectivity index (χ0v) is 11.1. The van der Waals surface area contributed by atoms with Gasteiger partial charge in [-0.15, -0.1) is 0 Å². The smallest absolute Gasteiger partial charge is 0.273 e. The molecule has 1 fully saturated rings. The number of nitrogen functional groups attached to an aromatic ring is 1. The summed E-state index contributed by atoms with van der Waals surface area (Å²) < 4.78 is 10.7. The molecule has 1 aliphatic rings. The maximum absolute atomic E-state index is 12.0. The van der Waals surface area contributed by atoms with Gasteiger partial charge in [0.05, 0.1) is 11.5 Å². The minimum atomic E-state index is -0.816. The average Bonchev–Trinajstić information content (AvgIpc) is 2.69. The lowest BCUT2D eigenvalue weighted by Crippen LogP contribution is -2.31. The van der Waals surface area contributed by atoms with Crippen molar-refractivity contribution in [2.45, 2.75) is 25.7 Å². The molecule has 1 aromatic rings. The van der Waals surface area contributed by atoms with E-state index in [9.17, 15) is 14.9 Å². The number of amides is 1. The Morgan fingerprint density at radius 2 is 2.20 bits per heavy atom. The highest BCUT2D eigenvalue weighted by Crippen LogP contribution is 2.25. The van der Waals surface area contributed by atoms with E-state index in [0.717, 1.165) is 0 Å². The predicted molar refractivity (Wildman–Crippen MR) is 71.0 cm³/mol. The molecule has 1 saturated heterocycles. The summed E-state index contributed by atoms with van der Waals surface area (Å²) in [5, 5.41) is 13.3. The number of carbonyl (C=O) groups excluding carboxylic acids is 1. The van der Waals surface area contributed by atoms with Gasteiger partial charge < -0.3 is 20.5 Å². The molecule has 1 aromatic carbocycles. The molecule has 0 saturated carbocycles. The third kappa shape index (κ3) is 3.22. The molecule has 1 heterocycles. The summed E-state index contributed by atoms with van der Waals surface area (Å²) in [6.45, 7) is 3.53. The highest BCUT2D eigenvalue weighted by Gasteiger charge is 2.37. The Labute approximate surface area is 115 Å². The van der Waals surface area contributed by atoms with E-state index in [1.54, 1.807) is 13.8 Å². The molecule has 0 spiro atoms. The Morgan fingerprint density at radius 3 is 2.75 bits per heavy atom. The van der Waals surface area contributed by atoms with Crippen LogP contribution < -0.4 is 11.1 Å². The van der Waals surface area contributed by atoms with Gasteiger partial charge in [0.1, 0.15) is 0 Å². The van der Waals surface area contributed by atoms with Crippen molar-refractivity contribution >= 4 is 23.0 Å². The van der Waals surface area contributed by atoms with E-state index in [1.807, 2.05) is 0 Å². The van der Waals surface area contributed by atoms with Crippen LogP contribution >= 0.6 is 0 Å². The van der Waals surface area contributed by atoms with Gasteiger partial charge in [0.2, 0.25) is 0 Å². The van der Waals surface area contributed by atoms with Crippen LogP contribution in [0.2, 0.25) is 0 Å². The van der Waals surface area contributed by atoms with Gasteiger partial charge in [0, 0.05) is 23.5 Å². The van der Waals surface area contributed by atoms with Crippen molar-refractivity contribution in [2.24, 2.45) is 0 Å². The SMILES string of the molecule is CC1(C)OCC(C(=O)Nc2cc(N)cc([N+](=O)[O-])c2)O1. The zero-order chi connectivity index (χ0) is 14.9. The minimum absolute atomic E-state index is 0.128. The minimum Gasteiger partial charge on any atom is -0.398 e. The molecule has 108 valence electrons. The van der Waals surface area contributed by atoms with E-state index in [0.29, 0.717) is 0 Å². The van der Waals surface area contributed by atoms with Gasteiger partial charge in [-0.2, -0.15) is 0 Å². The van der Waals surface area contributed by atoms with Crippen LogP contribution in [0.15, 0.2) is 18.2 Å². The second-order valence-electron chi connectivity index (χ2n) is 4.88. The first-order chi connectivity index (χ1) is 9.27. The Hall–Kier alpha value is -2.19. The molecule has 1 atom stereocenters. The van der Waals surface area contributed by atoms with Crippen molar-refractivity contribution in [3.05, 3.63) is 28.3 Å². The molecule has 1 unspecified atom stereocenters. The fraction of sp³-hybridized carbons (Fsp3) is 0.417. The highest BCUT2D eigenvalue weighted by atomic mass is 16.7. The molecule has 0 bridgehead atoms. The highest BCUT2D eigenvalue weighted by molar-refractivity contribution is 5.95. The van der Waals surface area contributed by atoms with E-state index in [-0.39, 0.29) is 23.7 Å². The normalized spacial score (nSPS) is 20.6. The van der Waals surface area contributed by atoms with Crippen LogP contribution in [-0.4, -0.2) is 29.3 Å². The zero-order valence-electron chi connectivity index (χ0n) is 11.1. The Morgan fingerprint density at radius 1 is 1.50 bits per heavy atom. The van der Waals surface area contributed by atoms with Crippen LogP contribution in [0.3, 0.4) is 0 Å². The standard InChI is InChI=1S/C12H15N3O5/c1-12(2)19-6-10(20-12)11(16)14-8-3-7(13)4-9(5-8)15(17)18/h3-5,10H,6,13H2,1-2H3,(H,14,16). The third-order valence-electron chi connectivity index (χ3n) is 2.72. The van der Waals surface area contributed by atoms with Gasteiger partial charge in [0.25, 0.3) is 11.6 Å². The van der Waals surface area contributed by atoms with Crippen molar-refractivity contribution in [2.75, 3.05) is 17.7 Å². The molecule has 20 heavy (non-hydrogen) atoms. The summed E-state index contributed by atoms with van der Waals surface area (Å²) in [5.41, 5.74) is 5.81. The number of hydrogen-bond donors (Lipinski definition) is 2. The monoisotopic (exact) mass is 281 g/mol. The molecule has 0 aliphatic carbocycles. The third-order valence-corrected chi connectivity index (χ3v) is 2.72. The lowest BCUT2D eigenvalue weighted by atomic mass is 10.2. The number of nitrogens with two attached hydrogens (primary N) is 1. The van der Waals surface area contributed by atoms with Crippen LogP contribution in [-0.2, 0) is 14.3 Å². The molecule has 1 aliphatic heterocycles. The quantitative estimate of drug-likeness (QED) is 0.489. The fourth-order valence-corrected chi connectivity index (χ4v) is 1.85. The van der Waals surface area contributed by atoms with E-state index < -0.39 is 22.7 Å². The number of hydrogen-bond acceptors (Lipinski definition) is 6. The predicted octanol–water partition coefficient (Wildman–Crippen LogP) is 1.27. The van der Waals surface area contributed by atoms with Crippen molar-refractivity contribution in [3.63, 3.8) is 0 Å². The number of rotatable bonds is 3. The molecular weight excluding hydrogens is 266 g/mol. The summed E-state index contributed by atoms with van der Waals surface area (Å²) in [4.78, 5) is 22.1. The first-order valence-corrected chi connectivity index (χ1v) is 5.94. The number of benzene rings is 1. The molecule has 0 aromatic heterocycles. The van der Waals surface area contributed by atoms with Gasteiger partial charge in [-0.05, 0) is 19.9 Å². The van der Waals surface area contributed by atoms with Crippen LogP contribution in [0.1, 0.15) is 13.8 Å². The van der Waals surface area contributed by atoms with Crippen molar-refractivity contribution in [1.29, 1.82) is 0 Å². The second-order valence-corrected chi connectivity index (χ2v) is 4.88. The molecule has 8 heteroatoms. The largest absolute Gasteiger partial charge is 0.398 e. The average molecular weight is 281 g/mol. The van der Waals surface area contributed by atoms with Gasteiger partial charge in [-0.25, -0.2) is 0 Å². The van der Waals surface area contributed by atoms with Crippen LogP contribution in [0.5, 0.6) is 0 Å². The topological polar surface area (TPSA) is 117 Å². The van der Waals surface area contributed by atoms with E-state index in [2.05, 4.69) is 5.32 Å². The maximum Gasteiger partial charge on any atom is 0.273 e. The first kappa shape index (κ1) is 14.2. The van der Waals surface area contributed by atoms with Gasteiger partial charge in [0.15, 0.2) is 11.9 Å². The van der Waals surface area contributed by atoms with Gasteiger partial charge in [-0.3, -0.25) is 14.9 Å². The van der Waals surface area contributed by atoms with Crippen LogP contribution in [0, 0.1) is 10.1 Å². The van der Waals surface area contributed by atoms with E-state index in [1.165, 1.54) is 18.2 Å². The van der Waals surface area contributed by atoms with Crippen molar-refractivity contribution in [1.82, 2.24) is 0 Å². The van der Waals surface area contributed by atoms with Crippen molar-refractivity contribution < 1.29 is 19.2 Å². The summed E-state index contributed by atoms with van der Waals surface area (Å²) in [5.74, 6) is -1.25. The Balaban J connectivity index is 2.10. The molecule has 8 nitrogen and oxygen atoms in total. The number of ether oxygens (including phenoxy) is 2. The van der Waals surface area contributed by atoms with Gasteiger partial charge in [-0.1, -0.05) is 0 Å². The number of nitro benzene ring substituents is 1. The maximum atomic E-state index is 12.0. The summed E-state index contributed by atoms with van der Waals surface area (Å²) in [6.07, 6.45) is -0.759. The number of nitro groups is 1. The van der Waals surface area contributed by atoms with Crippen molar-refractivity contribution in [3.8, 4) is 0 Å². The summed E-state index contributed by atoms with van der Waals surface area (Å²) in [7, 11) is 0. The number of nitrogens with zero attached hydrogens (tertiary/aromatic N) is 1. The Bertz CT molecular complexity index is 558. The van der Waals surface area contributed by atoms with Crippen LogP contribution in [0.4, 0.5) is 17.1 Å². The molecule has 3 N–H and O–H groups in total. The molecule has 2 rings (SSSR count). The van der Waals surface area contributed by atoms with Crippen LogP contribution in [0.25, 0.3) is 0 Å². The Kier molecular flexibility index (Phi) is 3.60. The summed E-state index contributed by atoms with van der Waals surface area (Å²) in [6, 6.07) is 3.88. The summed E-state index contributed by atoms with van der Waals surface area (Å²) >= 11 is 0. The lowest BCUT2D eigenvalue weighted by molar-refractivity contribution is -0.384. The molecular formula is C12H15N3O5. The number of carbonyl (C=O) groups is 1. The lowest BCUT2D eigenvalue weighted by Gasteiger charge is -2.16. The second kappa shape index (κ2) is 5.06.